The first kappa shape index (κ1) is 16.3. The van der Waals surface area contributed by atoms with Gasteiger partial charge in [-0.1, -0.05) is 13.0 Å². The van der Waals surface area contributed by atoms with Crippen molar-refractivity contribution in [2.24, 2.45) is 5.92 Å². The molecule has 1 aliphatic heterocycles. The number of benzene rings is 1. The van der Waals surface area contributed by atoms with E-state index in [0.717, 1.165) is 30.8 Å². The summed E-state index contributed by atoms with van der Waals surface area (Å²) >= 11 is 0. The molecule has 0 saturated carbocycles. The summed E-state index contributed by atoms with van der Waals surface area (Å²) in [4.78, 5) is 25.5. The number of aryl methyl sites for hydroxylation is 1. The highest BCUT2D eigenvalue weighted by molar-refractivity contribution is 5.93. The van der Waals surface area contributed by atoms with Gasteiger partial charge in [0, 0.05) is 20.0 Å². The molecule has 1 saturated heterocycles. The highest BCUT2D eigenvalue weighted by Gasteiger charge is 2.20. The minimum atomic E-state index is -0.122. The van der Waals surface area contributed by atoms with E-state index in [-0.39, 0.29) is 18.4 Å². The lowest BCUT2D eigenvalue weighted by Gasteiger charge is -2.31. The fourth-order valence-corrected chi connectivity index (χ4v) is 2.80. The molecule has 22 heavy (non-hydrogen) atoms. The first-order valence-corrected chi connectivity index (χ1v) is 7.85. The monoisotopic (exact) mass is 303 g/mol. The number of nitrogens with zero attached hydrogens (tertiary/aromatic N) is 1. The Hall–Kier alpha value is -2.04. The summed E-state index contributed by atoms with van der Waals surface area (Å²) in [7, 11) is 0. The van der Waals surface area contributed by atoms with Gasteiger partial charge in [0.2, 0.25) is 11.8 Å². The van der Waals surface area contributed by atoms with Crippen LogP contribution in [0.5, 0.6) is 0 Å². The molecular weight excluding hydrogens is 278 g/mol. The van der Waals surface area contributed by atoms with Crippen molar-refractivity contribution in [2.45, 2.75) is 33.6 Å². The molecule has 0 spiro atoms. The summed E-state index contributed by atoms with van der Waals surface area (Å²) in [6, 6.07) is 5.73. The van der Waals surface area contributed by atoms with Crippen molar-refractivity contribution in [1.29, 1.82) is 0 Å². The maximum Gasteiger partial charge on any atom is 0.241 e. The van der Waals surface area contributed by atoms with Crippen molar-refractivity contribution in [2.75, 3.05) is 30.3 Å². The van der Waals surface area contributed by atoms with Gasteiger partial charge >= 0.3 is 0 Å². The number of amides is 2. The zero-order chi connectivity index (χ0) is 16.1. The van der Waals surface area contributed by atoms with E-state index >= 15 is 0 Å². The smallest absolute Gasteiger partial charge is 0.241 e. The lowest BCUT2D eigenvalue weighted by molar-refractivity contribution is -0.131. The van der Waals surface area contributed by atoms with Crippen molar-refractivity contribution in [1.82, 2.24) is 4.90 Å². The van der Waals surface area contributed by atoms with E-state index in [4.69, 9.17) is 0 Å². The molecule has 1 fully saturated rings. The van der Waals surface area contributed by atoms with Gasteiger partial charge in [0.25, 0.3) is 0 Å². The van der Waals surface area contributed by atoms with Gasteiger partial charge in [-0.25, -0.2) is 0 Å². The van der Waals surface area contributed by atoms with Gasteiger partial charge in [-0.3, -0.25) is 9.59 Å². The maximum atomic E-state index is 12.3. The summed E-state index contributed by atoms with van der Waals surface area (Å²) in [6.07, 6.45) is 2.27. The quantitative estimate of drug-likeness (QED) is 0.899. The van der Waals surface area contributed by atoms with Crippen LogP contribution >= 0.6 is 0 Å². The molecule has 120 valence electrons. The van der Waals surface area contributed by atoms with Gasteiger partial charge in [-0.2, -0.15) is 0 Å². The van der Waals surface area contributed by atoms with Crippen molar-refractivity contribution >= 4 is 23.2 Å². The fraction of sp³-hybridized carbons (Fsp3) is 0.529. The van der Waals surface area contributed by atoms with Crippen LogP contribution in [0.3, 0.4) is 0 Å². The summed E-state index contributed by atoms with van der Waals surface area (Å²) in [6.45, 7) is 7.58. The van der Waals surface area contributed by atoms with Crippen LogP contribution < -0.4 is 10.6 Å². The second-order valence-electron chi connectivity index (χ2n) is 6.17. The fourth-order valence-electron chi connectivity index (χ4n) is 2.80. The number of piperidine rings is 1. The molecule has 2 N–H and O–H groups in total. The Balaban J connectivity index is 1.99. The van der Waals surface area contributed by atoms with E-state index in [9.17, 15) is 9.59 Å². The molecule has 0 radical (unpaired) electrons. The summed E-state index contributed by atoms with van der Waals surface area (Å²) in [5.74, 6) is 0.566. The van der Waals surface area contributed by atoms with E-state index in [0.29, 0.717) is 11.6 Å². The molecule has 5 nitrogen and oxygen atoms in total. The van der Waals surface area contributed by atoms with Crippen LogP contribution in [-0.4, -0.2) is 36.3 Å². The molecule has 0 bridgehead atoms. The van der Waals surface area contributed by atoms with Gasteiger partial charge in [0.05, 0.1) is 17.9 Å². The highest BCUT2D eigenvalue weighted by atomic mass is 16.2. The van der Waals surface area contributed by atoms with Crippen molar-refractivity contribution < 1.29 is 9.59 Å². The first-order chi connectivity index (χ1) is 10.5. The second-order valence-corrected chi connectivity index (χ2v) is 6.17. The molecule has 2 amide bonds. The topological polar surface area (TPSA) is 61.4 Å². The van der Waals surface area contributed by atoms with E-state index in [1.807, 2.05) is 30.0 Å². The van der Waals surface area contributed by atoms with E-state index in [1.165, 1.54) is 13.3 Å². The molecule has 1 atom stereocenters. The minimum Gasteiger partial charge on any atom is -0.374 e. The predicted molar refractivity (Wildman–Crippen MR) is 89.0 cm³/mol. The van der Waals surface area contributed by atoms with Crippen LogP contribution in [0.25, 0.3) is 0 Å². The summed E-state index contributed by atoms with van der Waals surface area (Å²) in [5.41, 5.74) is 2.57. The molecule has 5 heteroatoms. The standard InChI is InChI=1S/C17H25N3O2/c1-12-6-7-15(19-14(3)21)16(9-12)18-10-17(22)20-8-4-5-13(2)11-20/h6-7,9,13,18H,4-5,8,10-11H2,1-3H3,(H,19,21)/t13-/m1/s1. The van der Waals surface area contributed by atoms with Gasteiger partial charge < -0.3 is 15.5 Å². The van der Waals surface area contributed by atoms with Gasteiger partial charge in [0.15, 0.2) is 0 Å². The number of anilines is 2. The Morgan fingerprint density at radius 1 is 1.32 bits per heavy atom. The van der Waals surface area contributed by atoms with Gasteiger partial charge in [-0.15, -0.1) is 0 Å². The Bertz CT molecular complexity index is 557. The SMILES string of the molecule is CC(=O)Nc1ccc(C)cc1NCC(=O)N1CCC[C@@H](C)C1. The first-order valence-electron chi connectivity index (χ1n) is 7.85. The van der Waals surface area contributed by atoms with E-state index < -0.39 is 0 Å². The third kappa shape index (κ3) is 4.48. The molecule has 1 aliphatic rings. The maximum absolute atomic E-state index is 12.3. The number of nitrogens with one attached hydrogen (secondary N) is 2. The van der Waals surface area contributed by atoms with Crippen molar-refractivity contribution in [3.05, 3.63) is 23.8 Å². The van der Waals surface area contributed by atoms with Crippen LogP contribution in [-0.2, 0) is 9.59 Å². The number of rotatable bonds is 4. The number of likely N-dealkylation sites (tertiary alicyclic amines) is 1. The predicted octanol–water partition coefficient (Wildman–Crippen LogP) is 2.62. The highest BCUT2D eigenvalue weighted by Crippen LogP contribution is 2.23. The number of hydrogen-bond donors (Lipinski definition) is 2. The summed E-state index contributed by atoms with van der Waals surface area (Å²) < 4.78 is 0. The molecule has 1 heterocycles. The second kappa shape index (κ2) is 7.29. The van der Waals surface area contributed by atoms with Crippen LogP contribution in [0.4, 0.5) is 11.4 Å². The Morgan fingerprint density at radius 2 is 2.09 bits per heavy atom. The van der Waals surface area contributed by atoms with Crippen LogP contribution in [0.15, 0.2) is 18.2 Å². The van der Waals surface area contributed by atoms with Crippen LogP contribution in [0.1, 0.15) is 32.3 Å². The largest absolute Gasteiger partial charge is 0.374 e. The number of hydrogen-bond acceptors (Lipinski definition) is 3. The molecule has 0 aliphatic carbocycles. The number of carbonyl (C=O) groups excluding carboxylic acids is 2. The lowest BCUT2D eigenvalue weighted by Crippen LogP contribution is -2.42. The molecule has 2 rings (SSSR count). The van der Waals surface area contributed by atoms with E-state index in [2.05, 4.69) is 17.6 Å². The molecule has 0 aromatic heterocycles. The Labute approximate surface area is 132 Å². The minimum absolute atomic E-state index is 0.113. The zero-order valence-electron chi connectivity index (χ0n) is 13.6. The van der Waals surface area contributed by atoms with Gasteiger partial charge in [0.1, 0.15) is 0 Å². The molecule has 1 aromatic rings. The zero-order valence-corrected chi connectivity index (χ0v) is 13.6. The van der Waals surface area contributed by atoms with Crippen LogP contribution in [0.2, 0.25) is 0 Å². The van der Waals surface area contributed by atoms with Crippen molar-refractivity contribution in [3.63, 3.8) is 0 Å². The third-order valence-corrected chi connectivity index (χ3v) is 3.93. The Morgan fingerprint density at radius 3 is 2.77 bits per heavy atom. The number of carbonyl (C=O) groups is 2. The molecular formula is C17H25N3O2. The summed E-state index contributed by atoms with van der Waals surface area (Å²) in [5, 5.41) is 5.95. The van der Waals surface area contributed by atoms with Crippen molar-refractivity contribution in [3.8, 4) is 0 Å². The average molecular weight is 303 g/mol. The average Bonchev–Trinajstić information content (AvgIpc) is 2.46. The molecule has 1 aromatic carbocycles. The molecule has 0 unspecified atom stereocenters. The lowest BCUT2D eigenvalue weighted by atomic mass is 10.0. The van der Waals surface area contributed by atoms with Crippen LogP contribution in [0, 0.1) is 12.8 Å². The van der Waals surface area contributed by atoms with E-state index in [1.54, 1.807) is 0 Å². The van der Waals surface area contributed by atoms with Gasteiger partial charge in [-0.05, 0) is 43.4 Å². The normalized spacial score (nSPS) is 18.0. The Kier molecular flexibility index (Phi) is 5.41. The third-order valence-electron chi connectivity index (χ3n) is 3.93.